The minimum absolute atomic E-state index is 0.356. The first kappa shape index (κ1) is 13.4. The molecule has 0 aromatic carbocycles. The molecule has 0 radical (unpaired) electrons. The lowest BCUT2D eigenvalue weighted by Crippen LogP contribution is -2.03. The van der Waals surface area contributed by atoms with Crippen LogP contribution >= 0.6 is 34.2 Å². The van der Waals surface area contributed by atoms with Crippen LogP contribution in [-0.2, 0) is 13.6 Å². The fourth-order valence-electron chi connectivity index (χ4n) is 2.06. The Morgan fingerprint density at radius 1 is 1.47 bits per heavy atom. The largest absolute Gasteiger partial charge is 0.382 e. The van der Waals surface area contributed by atoms with E-state index < -0.39 is 6.10 Å². The molecule has 0 bridgehead atoms. The van der Waals surface area contributed by atoms with Crippen molar-refractivity contribution in [3.05, 3.63) is 32.4 Å². The second-order valence-electron chi connectivity index (χ2n) is 4.98. The van der Waals surface area contributed by atoms with Crippen molar-refractivity contribution in [2.24, 2.45) is 13.0 Å². The average Bonchev–Trinajstić information content (AvgIpc) is 2.98. The lowest BCUT2D eigenvalue weighted by molar-refractivity contribution is 0.213. The molecular formula is C12H14ClIN4O. The third-order valence-electron chi connectivity index (χ3n) is 3.25. The van der Waals surface area contributed by atoms with E-state index in [-0.39, 0.29) is 0 Å². The van der Waals surface area contributed by atoms with E-state index in [9.17, 15) is 5.11 Å². The maximum Gasteiger partial charge on any atom is 0.157 e. The van der Waals surface area contributed by atoms with Crippen LogP contribution in [0.1, 0.15) is 30.2 Å². The van der Waals surface area contributed by atoms with Crippen LogP contribution in [0, 0.1) is 9.49 Å². The van der Waals surface area contributed by atoms with Gasteiger partial charge in [-0.25, -0.2) is 0 Å². The third-order valence-corrected chi connectivity index (χ3v) is 4.37. The summed E-state index contributed by atoms with van der Waals surface area (Å²) in [6.45, 7) is 0.881. The van der Waals surface area contributed by atoms with Gasteiger partial charge in [0, 0.05) is 31.5 Å². The molecule has 5 nitrogen and oxygen atoms in total. The highest BCUT2D eigenvalue weighted by atomic mass is 127. The lowest BCUT2D eigenvalue weighted by Gasteiger charge is -2.06. The number of rotatable bonds is 4. The molecule has 0 spiro atoms. The van der Waals surface area contributed by atoms with Crippen molar-refractivity contribution in [2.45, 2.75) is 25.5 Å². The molecule has 1 aliphatic carbocycles. The number of aliphatic hydroxyl groups excluding tert-OH is 1. The van der Waals surface area contributed by atoms with Crippen molar-refractivity contribution < 1.29 is 5.11 Å². The highest BCUT2D eigenvalue weighted by Gasteiger charge is 2.25. The molecule has 102 valence electrons. The van der Waals surface area contributed by atoms with Crippen LogP contribution in [0.4, 0.5) is 0 Å². The highest BCUT2D eigenvalue weighted by Crippen LogP contribution is 2.33. The molecule has 2 aromatic heterocycles. The maximum atomic E-state index is 10.4. The molecule has 0 saturated heterocycles. The molecule has 2 aromatic rings. The van der Waals surface area contributed by atoms with Crippen LogP contribution in [0.2, 0.25) is 5.15 Å². The van der Waals surface area contributed by atoms with Crippen molar-refractivity contribution in [1.82, 2.24) is 19.6 Å². The van der Waals surface area contributed by atoms with E-state index in [0.717, 1.165) is 16.0 Å². The van der Waals surface area contributed by atoms with Gasteiger partial charge in [0.05, 0.1) is 3.57 Å². The van der Waals surface area contributed by atoms with Gasteiger partial charge in [0.1, 0.15) is 11.8 Å². The summed E-state index contributed by atoms with van der Waals surface area (Å²) in [5.74, 6) is 0.718. The van der Waals surface area contributed by atoms with Crippen LogP contribution in [0.5, 0.6) is 0 Å². The summed E-state index contributed by atoms with van der Waals surface area (Å²) < 4.78 is 4.43. The minimum atomic E-state index is -0.825. The summed E-state index contributed by atoms with van der Waals surface area (Å²) in [5.41, 5.74) is 1.25. The van der Waals surface area contributed by atoms with Crippen LogP contribution < -0.4 is 0 Å². The summed E-state index contributed by atoms with van der Waals surface area (Å²) in [5, 5.41) is 19.3. The third kappa shape index (κ3) is 2.80. The smallest absolute Gasteiger partial charge is 0.157 e. The first-order valence-corrected chi connectivity index (χ1v) is 7.60. The van der Waals surface area contributed by atoms with Gasteiger partial charge in [-0.15, -0.1) is 0 Å². The Morgan fingerprint density at radius 3 is 2.79 bits per heavy atom. The Labute approximate surface area is 129 Å². The van der Waals surface area contributed by atoms with E-state index in [1.54, 1.807) is 4.68 Å². The van der Waals surface area contributed by atoms with Crippen LogP contribution in [0.3, 0.4) is 0 Å². The molecule has 1 fully saturated rings. The van der Waals surface area contributed by atoms with E-state index in [2.05, 4.69) is 32.8 Å². The normalized spacial score (nSPS) is 16.8. The first-order valence-electron chi connectivity index (χ1n) is 6.14. The topological polar surface area (TPSA) is 55.9 Å². The fourth-order valence-corrected chi connectivity index (χ4v) is 3.12. The molecule has 3 rings (SSSR count). The van der Waals surface area contributed by atoms with Crippen molar-refractivity contribution in [1.29, 1.82) is 0 Å². The number of nitrogens with zero attached hydrogens (tertiary/aromatic N) is 4. The summed E-state index contributed by atoms with van der Waals surface area (Å²) in [6, 6.07) is 0. The Bertz CT molecular complexity index is 605. The van der Waals surface area contributed by atoms with E-state index >= 15 is 0 Å². The molecule has 19 heavy (non-hydrogen) atoms. The summed E-state index contributed by atoms with van der Waals surface area (Å²) >= 11 is 8.28. The monoisotopic (exact) mass is 392 g/mol. The van der Waals surface area contributed by atoms with Gasteiger partial charge in [-0.2, -0.15) is 10.2 Å². The molecule has 1 aliphatic rings. The summed E-state index contributed by atoms with van der Waals surface area (Å²) in [6.07, 6.45) is 5.38. The molecule has 2 heterocycles. The SMILES string of the molecule is Cn1cc(I)c(C(O)c2cn(CC3CC3)nc2Cl)n1. The number of hydrogen-bond donors (Lipinski definition) is 1. The summed E-state index contributed by atoms with van der Waals surface area (Å²) in [7, 11) is 1.83. The average molecular weight is 393 g/mol. The van der Waals surface area contributed by atoms with Gasteiger partial charge in [-0.1, -0.05) is 11.6 Å². The first-order chi connectivity index (χ1) is 9.04. The van der Waals surface area contributed by atoms with E-state index in [4.69, 9.17) is 11.6 Å². The van der Waals surface area contributed by atoms with Crippen molar-refractivity contribution in [3.63, 3.8) is 0 Å². The number of hydrogen-bond acceptors (Lipinski definition) is 3. The summed E-state index contributed by atoms with van der Waals surface area (Å²) in [4.78, 5) is 0. The number of aryl methyl sites for hydroxylation is 1. The molecule has 1 unspecified atom stereocenters. The second-order valence-corrected chi connectivity index (χ2v) is 6.50. The quantitative estimate of drug-likeness (QED) is 0.813. The van der Waals surface area contributed by atoms with E-state index in [1.165, 1.54) is 12.8 Å². The molecule has 1 N–H and O–H groups in total. The minimum Gasteiger partial charge on any atom is -0.382 e. The zero-order valence-electron chi connectivity index (χ0n) is 10.4. The molecule has 1 atom stereocenters. The predicted octanol–water partition coefficient (Wildman–Crippen LogP) is 2.37. The van der Waals surface area contributed by atoms with E-state index in [1.807, 2.05) is 24.1 Å². The highest BCUT2D eigenvalue weighted by molar-refractivity contribution is 14.1. The molecular weight excluding hydrogens is 379 g/mol. The molecule has 0 aliphatic heterocycles. The maximum absolute atomic E-state index is 10.4. The van der Waals surface area contributed by atoms with Crippen LogP contribution in [-0.4, -0.2) is 24.7 Å². The van der Waals surface area contributed by atoms with Crippen molar-refractivity contribution in [2.75, 3.05) is 0 Å². The Morgan fingerprint density at radius 2 is 2.21 bits per heavy atom. The Kier molecular flexibility index (Phi) is 3.57. The fraction of sp³-hybridized carbons (Fsp3) is 0.500. The second kappa shape index (κ2) is 5.06. The van der Waals surface area contributed by atoms with Gasteiger partial charge in [-0.05, 0) is 41.4 Å². The number of aromatic nitrogens is 4. The molecule has 1 saturated carbocycles. The Balaban J connectivity index is 1.87. The molecule has 0 amide bonds. The molecule has 7 heteroatoms. The zero-order valence-corrected chi connectivity index (χ0v) is 13.3. The standard InChI is InChI=1S/C12H14ClIN4O/c1-17-6-9(14)10(15-17)11(19)8-5-18(16-12(8)13)4-7-2-3-7/h5-7,11,19H,2-4H2,1H3. The van der Waals surface area contributed by atoms with Gasteiger partial charge in [0.25, 0.3) is 0 Å². The van der Waals surface area contributed by atoms with E-state index in [0.29, 0.717) is 16.4 Å². The van der Waals surface area contributed by atoms with Crippen LogP contribution in [0.25, 0.3) is 0 Å². The van der Waals surface area contributed by atoms with Crippen molar-refractivity contribution in [3.8, 4) is 0 Å². The Hall–Kier alpha value is -0.600. The zero-order chi connectivity index (χ0) is 13.6. The van der Waals surface area contributed by atoms with Gasteiger partial charge in [-0.3, -0.25) is 9.36 Å². The van der Waals surface area contributed by atoms with Gasteiger partial charge in [0.2, 0.25) is 0 Å². The lowest BCUT2D eigenvalue weighted by atomic mass is 10.1. The van der Waals surface area contributed by atoms with Crippen molar-refractivity contribution >= 4 is 34.2 Å². The number of halogens is 2. The van der Waals surface area contributed by atoms with Gasteiger partial charge < -0.3 is 5.11 Å². The predicted molar refractivity (Wildman–Crippen MR) is 79.9 cm³/mol. The van der Waals surface area contributed by atoms with Gasteiger partial charge >= 0.3 is 0 Å². The number of aliphatic hydroxyl groups is 1. The van der Waals surface area contributed by atoms with Gasteiger partial charge in [0.15, 0.2) is 5.15 Å². The van der Waals surface area contributed by atoms with Crippen LogP contribution in [0.15, 0.2) is 12.4 Å².